The Bertz CT molecular complexity index is 613. The normalized spacial score (nSPS) is 13.8. The van der Waals surface area contributed by atoms with E-state index < -0.39 is 0 Å². The van der Waals surface area contributed by atoms with Crippen molar-refractivity contribution in [2.75, 3.05) is 10.6 Å². The van der Waals surface area contributed by atoms with Crippen molar-refractivity contribution in [3.63, 3.8) is 0 Å². The van der Waals surface area contributed by atoms with Crippen LogP contribution in [0.2, 0.25) is 0 Å². The Balaban J connectivity index is 1.91. The predicted molar refractivity (Wildman–Crippen MR) is 74.8 cm³/mol. The molecule has 1 heterocycles. The van der Waals surface area contributed by atoms with Crippen LogP contribution in [0.3, 0.4) is 0 Å². The molecular formula is C14H12BrFN2. The highest BCUT2D eigenvalue weighted by molar-refractivity contribution is 9.10. The van der Waals surface area contributed by atoms with Crippen LogP contribution in [0, 0.1) is 5.82 Å². The first-order valence-corrected chi connectivity index (χ1v) is 6.50. The summed E-state index contributed by atoms with van der Waals surface area (Å²) in [5.74, 6) is -0.236. The Morgan fingerprint density at radius 2 is 1.83 bits per heavy atom. The second kappa shape index (κ2) is 4.28. The summed E-state index contributed by atoms with van der Waals surface area (Å²) in [4.78, 5) is 2.20. The Morgan fingerprint density at radius 1 is 1.06 bits per heavy atom. The molecule has 2 aromatic rings. The number of nitrogens with zero attached hydrogens (tertiary/aromatic N) is 1. The van der Waals surface area contributed by atoms with Crippen molar-refractivity contribution in [3.05, 3.63) is 57.8 Å². The molecule has 2 nitrogen and oxygen atoms in total. The van der Waals surface area contributed by atoms with Gasteiger partial charge in [-0.1, -0.05) is 6.07 Å². The number of anilines is 2. The second-order valence-electron chi connectivity index (χ2n) is 4.48. The highest BCUT2D eigenvalue weighted by atomic mass is 79.9. The van der Waals surface area contributed by atoms with Crippen LogP contribution in [-0.2, 0) is 13.1 Å². The molecule has 2 aromatic carbocycles. The van der Waals surface area contributed by atoms with Crippen molar-refractivity contribution in [2.45, 2.75) is 13.1 Å². The van der Waals surface area contributed by atoms with Gasteiger partial charge in [-0.25, -0.2) is 4.39 Å². The highest BCUT2D eigenvalue weighted by Gasteiger charge is 2.19. The number of rotatable bonds is 1. The van der Waals surface area contributed by atoms with Gasteiger partial charge in [-0.05, 0) is 57.4 Å². The maximum atomic E-state index is 13.2. The fourth-order valence-electron chi connectivity index (χ4n) is 2.28. The van der Waals surface area contributed by atoms with E-state index in [1.54, 1.807) is 6.07 Å². The third kappa shape index (κ3) is 1.97. The second-order valence-corrected chi connectivity index (χ2v) is 5.34. The lowest BCUT2D eigenvalue weighted by Gasteiger charge is -2.18. The minimum absolute atomic E-state index is 0.236. The van der Waals surface area contributed by atoms with Crippen LogP contribution in [0.25, 0.3) is 0 Å². The molecule has 0 atom stereocenters. The molecule has 1 aliphatic heterocycles. The standard InChI is InChI=1S/C14H12BrFN2/c15-13-6-12(3-4-14(13)16)18-7-9-1-2-11(17)5-10(9)8-18/h1-6H,7-8,17H2. The average Bonchev–Trinajstić information content (AvgIpc) is 2.75. The van der Waals surface area contributed by atoms with E-state index in [-0.39, 0.29) is 5.82 Å². The molecule has 18 heavy (non-hydrogen) atoms. The molecule has 2 N–H and O–H groups in total. The maximum Gasteiger partial charge on any atom is 0.137 e. The molecule has 0 unspecified atom stereocenters. The van der Waals surface area contributed by atoms with E-state index in [4.69, 9.17) is 5.73 Å². The van der Waals surface area contributed by atoms with Crippen LogP contribution < -0.4 is 10.6 Å². The number of halogens is 2. The lowest BCUT2D eigenvalue weighted by atomic mass is 10.1. The third-order valence-electron chi connectivity index (χ3n) is 3.22. The van der Waals surface area contributed by atoms with E-state index in [1.165, 1.54) is 17.2 Å². The van der Waals surface area contributed by atoms with Gasteiger partial charge < -0.3 is 10.6 Å². The van der Waals surface area contributed by atoms with Crippen molar-refractivity contribution in [1.29, 1.82) is 0 Å². The fourth-order valence-corrected chi connectivity index (χ4v) is 2.65. The monoisotopic (exact) mass is 306 g/mol. The van der Waals surface area contributed by atoms with E-state index in [9.17, 15) is 4.39 Å². The van der Waals surface area contributed by atoms with Gasteiger partial charge in [0, 0.05) is 24.5 Å². The Kier molecular flexibility index (Phi) is 2.74. The van der Waals surface area contributed by atoms with Crippen LogP contribution in [0.4, 0.5) is 15.8 Å². The number of hydrogen-bond donors (Lipinski definition) is 1. The van der Waals surface area contributed by atoms with Gasteiger partial charge in [0.2, 0.25) is 0 Å². The number of benzene rings is 2. The Morgan fingerprint density at radius 3 is 2.61 bits per heavy atom. The van der Waals surface area contributed by atoms with Crippen LogP contribution >= 0.6 is 15.9 Å². The first-order valence-electron chi connectivity index (χ1n) is 5.71. The molecular weight excluding hydrogens is 295 g/mol. The summed E-state index contributed by atoms with van der Waals surface area (Å²) in [5, 5.41) is 0. The molecule has 0 bridgehead atoms. The van der Waals surface area contributed by atoms with E-state index in [0.29, 0.717) is 4.47 Å². The van der Waals surface area contributed by atoms with Gasteiger partial charge in [0.1, 0.15) is 5.82 Å². The Labute approximate surface area is 113 Å². The van der Waals surface area contributed by atoms with Crippen molar-refractivity contribution in [2.24, 2.45) is 0 Å². The van der Waals surface area contributed by atoms with Crippen molar-refractivity contribution in [1.82, 2.24) is 0 Å². The zero-order valence-corrected chi connectivity index (χ0v) is 11.2. The SMILES string of the molecule is Nc1ccc2c(c1)CN(c1ccc(F)c(Br)c1)C2. The van der Waals surface area contributed by atoms with Gasteiger partial charge in [0.25, 0.3) is 0 Å². The molecule has 1 aliphatic rings. The molecule has 4 heteroatoms. The van der Waals surface area contributed by atoms with Gasteiger partial charge in [0.05, 0.1) is 4.47 Å². The summed E-state index contributed by atoms with van der Waals surface area (Å²) in [6.07, 6.45) is 0. The summed E-state index contributed by atoms with van der Waals surface area (Å²) in [6, 6.07) is 11.1. The predicted octanol–water partition coefficient (Wildman–Crippen LogP) is 3.69. The first-order chi connectivity index (χ1) is 8.63. The zero-order chi connectivity index (χ0) is 12.7. The molecule has 92 valence electrons. The zero-order valence-electron chi connectivity index (χ0n) is 9.66. The summed E-state index contributed by atoms with van der Waals surface area (Å²) < 4.78 is 13.7. The lowest BCUT2D eigenvalue weighted by Crippen LogP contribution is -2.14. The number of hydrogen-bond acceptors (Lipinski definition) is 2. The minimum Gasteiger partial charge on any atom is -0.399 e. The number of nitrogens with two attached hydrogens (primary N) is 1. The summed E-state index contributed by atoms with van der Waals surface area (Å²) in [7, 11) is 0. The van der Waals surface area contributed by atoms with Gasteiger partial charge >= 0.3 is 0 Å². The van der Waals surface area contributed by atoms with Crippen LogP contribution in [0.1, 0.15) is 11.1 Å². The average molecular weight is 307 g/mol. The number of fused-ring (bicyclic) bond motifs is 1. The smallest absolute Gasteiger partial charge is 0.137 e. The fraction of sp³-hybridized carbons (Fsp3) is 0.143. The summed E-state index contributed by atoms with van der Waals surface area (Å²) in [5.41, 5.74) is 10.1. The van der Waals surface area contributed by atoms with E-state index in [2.05, 4.69) is 26.9 Å². The van der Waals surface area contributed by atoms with E-state index in [1.807, 2.05) is 18.2 Å². The van der Waals surface area contributed by atoms with Gasteiger partial charge in [0.15, 0.2) is 0 Å². The molecule has 0 amide bonds. The van der Waals surface area contributed by atoms with Crippen LogP contribution in [0.5, 0.6) is 0 Å². The largest absolute Gasteiger partial charge is 0.399 e. The molecule has 0 fully saturated rings. The van der Waals surface area contributed by atoms with Gasteiger partial charge in [-0.15, -0.1) is 0 Å². The third-order valence-corrected chi connectivity index (χ3v) is 3.83. The Hall–Kier alpha value is -1.55. The molecule has 0 spiro atoms. The van der Waals surface area contributed by atoms with Gasteiger partial charge in [-0.2, -0.15) is 0 Å². The first kappa shape index (κ1) is 11.5. The molecule has 0 radical (unpaired) electrons. The number of nitrogen functional groups attached to an aromatic ring is 1. The maximum absolute atomic E-state index is 13.2. The van der Waals surface area contributed by atoms with Crippen LogP contribution in [-0.4, -0.2) is 0 Å². The minimum atomic E-state index is -0.236. The summed E-state index contributed by atoms with van der Waals surface area (Å²) in [6.45, 7) is 1.66. The van der Waals surface area contributed by atoms with Crippen molar-refractivity contribution in [3.8, 4) is 0 Å². The van der Waals surface area contributed by atoms with Gasteiger partial charge in [-0.3, -0.25) is 0 Å². The molecule has 0 saturated heterocycles. The van der Waals surface area contributed by atoms with Crippen molar-refractivity contribution >= 4 is 27.3 Å². The quantitative estimate of drug-likeness (QED) is 0.814. The highest BCUT2D eigenvalue weighted by Crippen LogP contribution is 2.31. The molecule has 3 rings (SSSR count). The molecule has 0 aliphatic carbocycles. The van der Waals surface area contributed by atoms with Crippen molar-refractivity contribution < 1.29 is 4.39 Å². The lowest BCUT2D eigenvalue weighted by molar-refractivity contribution is 0.620. The van der Waals surface area contributed by atoms with E-state index in [0.717, 1.165) is 24.5 Å². The van der Waals surface area contributed by atoms with Crippen LogP contribution in [0.15, 0.2) is 40.9 Å². The summed E-state index contributed by atoms with van der Waals surface area (Å²) >= 11 is 3.22. The topological polar surface area (TPSA) is 29.3 Å². The van der Waals surface area contributed by atoms with E-state index >= 15 is 0 Å². The molecule has 0 saturated carbocycles. The molecule has 0 aromatic heterocycles.